The predicted molar refractivity (Wildman–Crippen MR) is 188 cm³/mol. The van der Waals surface area contributed by atoms with Gasteiger partial charge in [0.25, 0.3) is 5.91 Å². The van der Waals surface area contributed by atoms with Crippen LogP contribution in [0.2, 0.25) is 0 Å². The number of halogens is 1. The molecule has 53 heavy (non-hydrogen) atoms. The molecule has 1 saturated heterocycles. The Morgan fingerprint density at radius 1 is 1.13 bits per heavy atom. The number of allylic oxidation sites excluding steroid dienone is 1. The van der Waals surface area contributed by atoms with Crippen molar-refractivity contribution in [3.63, 3.8) is 0 Å². The molecule has 3 fully saturated rings. The third-order valence-electron chi connectivity index (χ3n) is 9.67. The fraction of sp³-hybridized carbons (Fsp3) is 0.556. The number of ether oxygens (including phenoxy) is 2. The molecule has 17 heteroatoms. The van der Waals surface area contributed by atoms with Crippen molar-refractivity contribution in [1.29, 1.82) is 0 Å². The van der Waals surface area contributed by atoms with Crippen LogP contribution in [0.15, 0.2) is 43.0 Å². The number of sulfonamides is 1. The first-order valence-corrected chi connectivity index (χ1v) is 19.0. The lowest BCUT2D eigenvalue weighted by atomic mass is 10.0. The third-order valence-corrected chi connectivity index (χ3v) is 11.5. The summed E-state index contributed by atoms with van der Waals surface area (Å²) in [6, 6.07) is 1.76. The lowest BCUT2D eigenvalue weighted by Crippen LogP contribution is -2.58. The Labute approximate surface area is 307 Å². The van der Waals surface area contributed by atoms with Gasteiger partial charge < -0.3 is 25.0 Å². The highest BCUT2D eigenvalue weighted by Gasteiger charge is 2.62. The van der Waals surface area contributed by atoms with Crippen molar-refractivity contribution in [1.82, 2.24) is 25.2 Å². The van der Waals surface area contributed by atoms with Crippen molar-refractivity contribution in [2.45, 2.75) is 114 Å². The Hall–Kier alpha value is -4.80. The molecule has 15 nitrogen and oxygen atoms in total. The van der Waals surface area contributed by atoms with Crippen LogP contribution in [0.3, 0.4) is 0 Å². The molecule has 1 aromatic carbocycles. The van der Waals surface area contributed by atoms with Crippen LogP contribution in [-0.4, -0.2) is 95.0 Å². The van der Waals surface area contributed by atoms with Gasteiger partial charge in [-0.25, -0.2) is 22.4 Å². The highest BCUT2D eigenvalue weighted by molar-refractivity contribution is 7.91. The van der Waals surface area contributed by atoms with E-state index in [0.29, 0.717) is 24.0 Å². The van der Waals surface area contributed by atoms with Gasteiger partial charge in [-0.05, 0) is 70.6 Å². The third kappa shape index (κ3) is 9.05. The largest absolute Gasteiger partial charge is 0.444 e. The van der Waals surface area contributed by atoms with E-state index in [0.717, 1.165) is 4.90 Å². The van der Waals surface area contributed by atoms with Gasteiger partial charge in [0.15, 0.2) is 5.78 Å². The maximum Gasteiger partial charge on any atom is 0.410 e. The molecule has 2 aliphatic heterocycles. The molecule has 1 aromatic rings. The van der Waals surface area contributed by atoms with Gasteiger partial charge in [-0.15, -0.1) is 6.58 Å². The quantitative estimate of drug-likeness (QED) is 0.199. The lowest BCUT2D eigenvalue weighted by molar-refractivity contribution is -0.141. The molecular formula is C36H46FN5O10S. The Kier molecular flexibility index (Phi) is 11.1. The van der Waals surface area contributed by atoms with Crippen molar-refractivity contribution >= 4 is 45.7 Å². The van der Waals surface area contributed by atoms with E-state index in [-0.39, 0.29) is 56.7 Å². The molecule has 2 aliphatic carbocycles. The summed E-state index contributed by atoms with van der Waals surface area (Å²) in [5, 5.41) is 4.44. The second-order valence-corrected chi connectivity index (χ2v) is 17.1. The van der Waals surface area contributed by atoms with Gasteiger partial charge in [0.05, 0.1) is 18.3 Å². The minimum absolute atomic E-state index is 0.0469. The zero-order valence-corrected chi connectivity index (χ0v) is 31.1. The highest BCUT2D eigenvalue weighted by Crippen LogP contribution is 2.45. The first-order chi connectivity index (χ1) is 24.7. The van der Waals surface area contributed by atoms with Gasteiger partial charge in [-0.3, -0.25) is 28.8 Å². The van der Waals surface area contributed by atoms with Crippen molar-refractivity contribution < 1.29 is 51.0 Å². The lowest BCUT2D eigenvalue weighted by Gasteiger charge is -2.30. The molecule has 0 aromatic heterocycles. The first kappa shape index (κ1) is 39.4. The standard InChI is InChI=1S/C36H46FN5O10S/c1-7-22-16-36(22,32(46)40-53(49,50)24-11-12-24)39-30(44)28-15-23(51-34(48)41-17-21-9-8-10-26(37)25(21)19-41)18-42(28)31(45)27(13-14-29(43)20(2)3)38-33(47)52-35(4,5)6/h7-10,22-24,27-28H,1-2,11-19H2,3-6H3,(H,38,47)(H,39,44)(H,40,46)/t22-,23-,27+,28+,36-/m1/s1. The summed E-state index contributed by atoms with van der Waals surface area (Å²) in [4.78, 5) is 82.9. The summed E-state index contributed by atoms with van der Waals surface area (Å²) in [6.45, 7) is 13.4. The maximum atomic E-state index is 14.4. The number of nitrogens with zero attached hydrogens (tertiary/aromatic N) is 2. The molecule has 5 rings (SSSR count). The zero-order chi connectivity index (χ0) is 39.0. The first-order valence-electron chi connectivity index (χ1n) is 17.5. The molecule has 4 aliphatic rings. The number of likely N-dealkylation sites (tertiary alicyclic amines) is 1. The highest BCUT2D eigenvalue weighted by atomic mass is 32.2. The van der Waals surface area contributed by atoms with Crippen molar-refractivity contribution in [3.8, 4) is 0 Å². The number of hydrogen-bond donors (Lipinski definition) is 3. The molecule has 288 valence electrons. The van der Waals surface area contributed by atoms with Gasteiger partial charge in [-0.1, -0.05) is 24.8 Å². The van der Waals surface area contributed by atoms with E-state index < -0.39 is 86.2 Å². The summed E-state index contributed by atoms with van der Waals surface area (Å²) < 4.78 is 52.9. The van der Waals surface area contributed by atoms with Gasteiger partial charge in [0.1, 0.15) is 35.1 Å². The second-order valence-electron chi connectivity index (χ2n) is 15.1. The number of rotatable bonds is 13. The average molecular weight is 760 g/mol. The van der Waals surface area contributed by atoms with Crippen LogP contribution in [0, 0.1) is 11.7 Å². The van der Waals surface area contributed by atoms with E-state index >= 15 is 0 Å². The summed E-state index contributed by atoms with van der Waals surface area (Å²) in [7, 11) is -3.97. The fourth-order valence-electron chi connectivity index (χ4n) is 6.52. The normalized spacial score (nSPS) is 24.0. The summed E-state index contributed by atoms with van der Waals surface area (Å²) in [5.41, 5.74) is -1.42. The monoisotopic (exact) mass is 759 g/mol. The van der Waals surface area contributed by atoms with Crippen LogP contribution < -0.4 is 15.4 Å². The van der Waals surface area contributed by atoms with Crippen molar-refractivity contribution in [2.75, 3.05) is 6.54 Å². The minimum Gasteiger partial charge on any atom is -0.444 e. The molecule has 0 unspecified atom stereocenters. The number of benzene rings is 1. The Morgan fingerprint density at radius 2 is 1.83 bits per heavy atom. The summed E-state index contributed by atoms with van der Waals surface area (Å²) in [6.07, 6.45) is -1.18. The van der Waals surface area contributed by atoms with Crippen LogP contribution in [0.5, 0.6) is 0 Å². The SMILES string of the molecule is C=C[C@@H]1C[C@]1(NC(=O)[C@@H]1C[C@@H](OC(=O)N2Cc3cccc(F)c3C2)CN1C(=O)[C@H](CCC(=O)C(=C)C)NC(=O)OC(C)(C)C)C(=O)NS(=O)(=O)C1CC1. The van der Waals surface area contributed by atoms with Gasteiger partial charge in [0, 0.05) is 30.9 Å². The molecule has 5 atom stereocenters. The number of carbonyl (C=O) groups excluding carboxylic acids is 6. The molecular weight excluding hydrogens is 713 g/mol. The smallest absolute Gasteiger partial charge is 0.410 e. The zero-order valence-electron chi connectivity index (χ0n) is 30.2. The summed E-state index contributed by atoms with van der Waals surface area (Å²) >= 11 is 0. The van der Waals surface area contributed by atoms with Gasteiger partial charge in [-0.2, -0.15) is 0 Å². The van der Waals surface area contributed by atoms with E-state index in [1.54, 1.807) is 26.8 Å². The maximum absolute atomic E-state index is 14.4. The fourth-order valence-corrected chi connectivity index (χ4v) is 7.88. The molecule has 3 N–H and O–H groups in total. The number of nitrogens with one attached hydrogen (secondary N) is 3. The molecule has 0 spiro atoms. The van der Waals surface area contributed by atoms with E-state index in [2.05, 4.69) is 28.5 Å². The minimum atomic E-state index is -3.97. The van der Waals surface area contributed by atoms with E-state index in [9.17, 15) is 41.6 Å². The molecule has 0 radical (unpaired) electrons. The molecule has 0 bridgehead atoms. The molecule has 2 heterocycles. The number of alkyl carbamates (subject to hydrolysis) is 1. The Bertz CT molecular complexity index is 1840. The molecule has 5 amide bonds. The van der Waals surface area contributed by atoms with Crippen LogP contribution in [-0.2, 0) is 51.8 Å². The topological polar surface area (TPSA) is 198 Å². The number of ketones is 1. The van der Waals surface area contributed by atoms with Crippen LogP contribution in [0.4, 0.5) is 14.0 Å². The van der Waals surface area contributed by atoms with E-state index in [1.807, 2.05) is 0 Å². The number of carbonyl (C=O) groups is 6. The van der Waals surface area contributed by atoms with Crippen molar-refractivity contribution in [2.24, 2.45) is 5.92 Å². The van der Waals surface area contributed by atoms with Crippen LogP contribution in [0.25, 0.3) is 0 Å². The predicted octanol–water partition coefficient (Wildman–Crippen LogP) is 2.74. The Balaban J connectivity index is 1.39. The second kappa shape index (κ2) is 14.9. The van der Waals surface area contributed by atoms with E-state index in [1.165, 1.54) is 30.0 Å². The molecule has 2 saturated carbocycles. The summed E-state index contributed by atoms with van der Waals surface area (Å²) in [5.74, 6) is -4.04. The van der Waals surface area contributed by atoms with Crippen LogP contribution in [0.1, 0.15) is 77.3 Å². The van der Waals surface area contributed by atoms with Crippen LogP contribution >= 0.6 is 0 Å². The number of hydrogen-bond acceptors (Lipinski definition) is 10. The number of amides is 5. The van der Waals surface area contributed by atoms with Crippen molar-refractivity contribution in [3.05, 3.63) is 60.0 Å². The average Bonchev–Trinajstić information content (AvgIpc) is 3.96. The van der Waals surface area contributed by atoms with Gasteiger partial charge >= 0.3 is 12.2 Å². The van der Waals surface area contributed by atoms with Gasteiger partial charge in [0.2, 0.25) is 21.8 Å². The number of Topliss-reactive ketones (excluding diaryl/α,β-unsaturated/α-hetero) is 1. The Morgan fingerprint density at radius 3 is 2.42 bits per heavy atom. The van der Waals surface area contributed by atoms with E-state index in [4.69, 9.17) is 9.47 Å². The number of fused-ring (bicyclic) bond motifs is 1.